The number of hydrogen-bond donors (Lipinski definition) is 0. The normalized spacial score (nSPS) is 19.3. The van der Waals surface area contributed by atoms with E-state index < -0.39 is 0 Å². The predicted molar refractivity (Wildman–Crippen MR) is 139 cm³/mol. The highest BCUT2D eigenvalue weighted by Crippen LogP contribution is 2.45. The van der Waals surface area contributed by atoms with E-state index in [4.69, 9.17) is 4.74 Å². The van der Waals surface area contributed by atoms with Gasteiger partial charge >= 0.3 is 5.97 Å². The predicted octanol–water partition coefficient (Wildman–Crippen LogP) is 6.44. The zero-order valence-electron chi connectivity index (χ0n) is 20.8. The second-order valence-electron chi connectivity index (χ2n) is 10.6. The van der Waals surface area contributed by atoms with Gasteiger partial charge < -0.3 is 9.64 Å². The average Bonchev–Trinajstić information content (AvgIpc) is 3.30. The molecule has 0 amide bonds. The Morgan fingerprint density at radius 3 is 2.42 bits per heavy atom. The number of esters is 1. The fraction of sp³-hybridized carbons (Fsp3) is 0.536. The molecule has 4 nitrogen and oxygen atoms in total. The fourth-order valence-electron chi connectivity index (χ4n) is 5.17. The van der Waals surface area contributed by atoms with E-state index in [-0.39, 0.29) is 5.97 Å². The molecule has 1 aromatic heterocycles. The van der Waals surface area contributed by atoms with E-state index in [1.807, 2.05) is 35.6 Å². The standard InChI is InChI=1S/C28H38N2O2S/c1-20(2)26-24(11-17-33-26)25-18-28(3,4)12-10-22(25)19-29-13-15-30(16-14-29)23-8-6-21(7-9-23)27(31)32-5/h6-9,11,17,20H,10,12-16,18-19H2,1-5H3. The monoisotopic (exact) mass is 466 g/mol. The van der Waals surface area contributed by atoms with Crippen molar-refractivity contribution in [2.75, 3.05) is 44.7 Å². The Balaban J connectivity index is 1.45. The van der Waals surface area contributed by atoms with Gasteiger partial charge in [-0.05, 0) is 77.4 Å². The minimum absolute atomic E-state index is 0.280. The van der Waals surface area contributed by atoms with Crippen LogP contribution in [0.5, 0.6) is 0 Å². The van der Waals surface area contributed by atoms with Gasteiger partial charge in [-0.25, -0.2) is 4.79 Å². The summed E-state index contributed by atoms with van der Waals surface area (Å²) in [6, 6.07) is 10.2. The molecule has 0 spiro atoms. The number of carbonyl (C=O) groups excluding carboxylic acids is 1. The van der Waals surface area contributed by atoms with Crippen molar-refractivity contribution in [3.63, 3.8) is 0 Å². The van der Waals surface area contributed by atoms with Crippen LogP contribution in [0, 0.1) is 5.41 Å². The van der Waals surface area contributed by atoms with Crippen LogP contribution in [0.3, 0.4) is 0 Å². The Labute approximate surface area is 203 Å². The first-order valence-corrected chi connectivity index (χ1v) is 13.1. The van der Waals surface area contributed by atoms with Crippen LogP contribution in [0.1, 0.15) is 73.7 Å². The van der Waals surface area contributed by atoms with Gasteiger partial charge in [0.1, 0.15) is 0 Å². The first kappa shape index (κ1) is 24.0. The Hall–Kier alpha value is -2.11. The third-order valence-electron chi connectivity index (χ3n) is 7.17. The summed E-state index contributed by atoms with van der Waals surface area (Å²) in [6.45, 7) is 14.8. The molecule has 178 valence electrons. The zero-order valence-corrected chi connectivity index (χ0v) is 21.6. The van der Waals surface area contributed by atoms with Gasteiger partial charge in [0.15, 0.2) is 0 Å². The molecule has 33 heavy (non-hydrogen) atoms. The first-order valence-electron chi connectivity index (χ1n) is 12.2. The molecule has 0 atom stereocenters. The van der Waals surface area contributed by atoms with Crippen molar-refractivity contribution in [2.45, 2.75) is 52.9 Å². The number of carbonyl (C=O) groups is 1. The van der Waals surface area contributed by atoms with Crippen LogP contribution in [0.2, 0.25) is 0 Å². The number of piperazine rings is 1. The number of hydrogen-bond acceptors (Lipinski definition) is 5. The van der Waals surface area contributed by atoms with E-state index in [0.717, 1.165) is 32.7 Å². The van der Waals surface area contributed by atoms with Crippen molar-refractivity contribution in [2.24, 2.45) is 5.41 Å². The lowest BCUT2D eigenvalue weighted by Gasteiger charge is -2.39. The fourth-order valence-corrected chi connectivity index (χ4v) is 6.11. The molecule has 0 bridgehead atoms. The number of ether oxygens (including phenoxy) is 1. The lowest BCUT2D eigenvalue weighted by atomic mass is 9.72. The highest BCUT2D eigenvalue weighted by molar-refractivity contribution is 7.10. The van der Waals surface area contributed by atoms with Gasteiger partial charge in [0.25, 0.3) is 0 Å². The summed E-state index contributed by atoms with van der Waals surface area (Å²) >= 11 is 1.92. The van der Waals surface area contributed by atoms with Gasteiger partial charge in [-0.3, -0.25) is 4.90 Å². The van der Waals surface area contributed by atoms with Crippen LogP contribution >= 0.6 is 11.3 Å². The van der Waals surface area contributed by atoms with E-state index >= 15 is 0 Å². The summed E-state index contributed by atoms with van der Waals surface area (Å²) in [5.41, 5.74) is 6.96. The molecule has 5 heteroatoms. The molecule has 1 aliphatic carbocycles. The van der Waals surface area contributed by atoms with Gasteiger partial charge in [-0.15, -0.1) is 11.3 Å². The minimum Gasteiger partial charge on any atom is -0.465 e. The second kappa shape index (κ2) is 10.0. The highest BCUT2D eigenvalue weighted by atomic mass is 32.1. The number of anilines is 1. The highest BCUT2D eigenvalue weighted by Gasteiger charge is 2.30. The molecule has 1 aliphatic heterocycles. The average molecular weight is 467 g/mol. The summed E-state index contributed by atoms with van der Waals surface area (Å²) in [5.74, 6) is 0.297. The lowest BCUT2D eigenvalue weighted by Crippen LogP contribution is -2.47. The van der Waals surface area contributed by atoms with Crippen LogP contribution in [0.25, 0.3) is 5.57 Å². The smallest absolute Gasteiger partial charge is 0.337 e. The quantitative estimate of drug-likeness (QED) is 0.458. The summed E-state index contributed by atoms with van der Waals surface area (Å²) in [5, 5.41) is 2.28. The molecule has 0 N–H and O–H groups in total. The summed E-state index contributed by atoms with van der Waals surface area (Å²) in [7, 11) is 1.42. The van der Waals surface area contributed by atoms with Gasteiger partial charge in [0.05, 0.1) is 12.7 Å². The van der Waals surface area contributed by atoms with Crippen molar-refractivity contribution in [3.05, 3.63) is 57.3 Å². The molecule has 0 saturated carbocycles. The van der Waals surface area contributed by atoms with E-state index in [9.17, 15) is 4.79 Å². The number of thiophene rings is 1. The van der Waals surface area contributed by atoms with Gasteiger partial charge in [0, 0.05) is 43.3 Å². The SMILES string of the molecule is COC(=O)c1ccc(N2CCN(CC3=C(c4ccsc4C(C)C)CC(C)(C)CC3)CC2)cc1. The molecule has 1 aromatic carbocycles. The van der Waals surface area contributed by atoms with Crippen molar-refractivity contribution in [3.8, 4) is 0 Å². The van der Waals surface area contributed by atoms with Crippen LogP contribution in [-0.2, 0) is 4.74 Å². The maximum atomic E-state index is 11.7. The lowest BCUT2D eigenvalue weighted by molar-refractivity contribution is 0.0600. The summed E-state index contributed by atoms with van der Waals surface area (Å²) in [4.78, 5) is 18.3. The Bertz CT molecular complexity index is 995. The third kappa shape index (κ3) is 5.52. The molecular weight excluding hydrogens is 428 g/mol. The molecule has 1 saturated heterocycles. The second-order valence-corrected chi connectivity index (χ2v) is 11.5. The molecule has 1 fully saturated rings. The first-order chi connectivity index (χ1) is 15.8. The van der Waals surface area contributed by atoms with E-state index in [2.05, 4.69) is 48.9 Å². The topological polar surface area (TPSA) is 32.8 Å². The van der Waals surface area contributed by atoms with E-state index in [1.165, 1.54) is 37.6 Å². The Kier molecular flexibility index (Phi) is 7.30. The van der Waals surface area contributed by atoms with Crippen LogP contribution in [0.4, 0.5) is 5.69 Å². The molecule has 2 aliphatic rings. The van der Waals surface area contributed by atoms with E-state index in [0.29, 0.717) is 16.9 Å². The number of rotatable bonds is 6. The van der Waals surface area contributed by atoms with Gasteiger partial charge in [0.2, 0.25) is 0 Å². The number of nitrogens with zero attached hydrogens (tertiary/aromatic N) is 2. The summed E-state index contributed by atoms with van der Waals surface area (Å²) in [6.07, 6.45) is 3.68. The molecular formula is C28H38N2O2S. The van der Waals surface area contributed by atoms with Gasteiger partial charge in [-0.2, -0.15) is 0 Å². The largest absolute Gasteiger partial charge is 0.465 e. The molecule has 4 rings (SSSR count). The zero-order chi connectivity index (χ0) is 23.6. The Morgan fingerprint density at radius 2 is 1.79 bits per heavy atom. The van der Waals surface area contributed by atoms with Crippen molar-refractivity contribution < 1.29 is 9.53 Å². The number of allylic oxidation sites excluding steroid dienone is 1. The minimum atomic E-state index is -0.280. The van der Waals surface area contributed by atoms with Crippen LogP contribution in [0.15, 0.2) is 41.3 Å². The number of methoxy groups -OCH3 is 1. The molecule has 2 heterocycles. The summed E-state index contributed by atoms with van der Waals surface area (Å²) < 4.78 is 4.81. The maximum Gasteiger partial charge on any atom is 0.337 e. The molecule has 2 aromatic rings. The van der Waals surface area contributed by atoms with E-state index in [1.54, 1.807) is 16.0 Å². The molecule has 0 unspecified atom stereocenters. The molecule has 0 radical (unpaired) electrons. The van der Waals surface area contributed by atoms with Crippen molar-refractivity contribution in [1.29, 1.82) is 0 Å². The van der Waals surface area contributed by atoms with Gasteiger partial charge in [-0.1, -0.05) is 33.3 Å². The number of benzene rings is 1. The van der Waals surface area contributed by atoms with Crippen LogP contribution in [-0.4, -0.2) is 50.7 Å². The third-order valence-corrected chi connectivity index (χ3v) is 8.39. The van der Waals surface area contributed by atoms with Crippen molar-refractivity contribution >= 4 is 28.6 Å². The Morgan fingerprint density at radius 1 is 1.09 bits per heavy atom. The maximum absolute atomic E-state index is 11.7. The van der Waals surface area contributed by atoms with Crippen molar-refractivity contribution in [1.82, 2.24) is 4.90 Å². The van der Waals surface area contributed by atoms with Crippen LogP contribution < -0.4 is 4.90 Å².